The molecule has 1 amide bonds. The van der Waals surface area contributed by atoms with Crippen LogP contribution in [0.25, 0.3) is 0 Å². The number of likely N-dealkylation sites (N-methyl/N-ethyl adjacent to an activating group) is 1. The van der Waals surface area contributed by atoms with Gasteiger partial charge in [0.1, 0.15) is 0 Å². The van der Waals surface area contributed by atoms with Crippen LogP contribution in [0.4, 0.5) is 0 Å². The fourth-order valence-electron chi connectivity index (χ4n) is 3.04. The third-order valence-electron chi connectivity index (χ3n) is 4.55. The second-order valence-corrected chi connectivity index (χ2v) is 10.6. The van der Waals surface area contributed by atoms with Gasteiger partial charge in [-0.15, -0.1) is 0 Å². The fraction of sp³-hybridized carbons (Fsp3) is 0.529. The number of rotatable bonds is 7. The van der Waals surface area contributed by atoms with Crippen LogP contribution in [0.2, 0.25) is 0 Å². The smallest absolute Gasteiger partial charge is 0.338 e. The first-order valence-electron chi connectivity index (χ1n) is 8.76. The van der Waals surface area contributed by atoms with E-state index in [2.05, 4.69) is 4.72 Å². The molecule has 1 aromatic carbocycles. The van der Waals surface area contributed by atoms with E-state index in [0.29, 0.717) is 6.42 Å². The maximum Gasteiger partial charge on any atom is 0.338 e. The third kappa shape index (κ3) is 5.09. The van der Waals surface area contributed by atoms with E-state index in [9.17, 15) is 26.4 Å². The Morgan fingerprint density at radius 3 is 2.57 bits per heavy atom. The van der Waals surface area contributed by atoms with Crippen molar-refractivity contribution in [2.24, 2.45) is 0 Å². The SMILES string of the molecule is CCN(C(=O)[C@@H](C)OC(=O)c1cccc(S(=O)(=O)NC)c1)[C@@H]1CCS(=O)(=O)C1. The van der Waals surface area contributed by atoms with E-state index in [4.69, 9.17) is 4.74 Å². The van der Waals surface area contributed by atoms with Crippen molar-refractivity contribution in [2.45, 2.75) is 37.3 Å². The van der Waals surface area contributed by atoms with Gasteiger partial charge in [0.15, 0.2) is 15.9 Å². The molecule has 0 unspecified atom stereocenters. The minimum absolute atomic E-state index is 0.0116. The fourth-order valence-corrected chi connectivity index (χ4v) is 5.54. The molecule has 1 fully saturated rings. The topological polar surface area (TPSA) is 127 Å². The molecule has 1 aliphatic heterocycles. The molecule has 1 heterocycles. The zero-order chi connectivity index (χ0) is 21.1. The van der Waals surface area contributed by atoms with Crippen molar-refractivity contribution in [1.29, 1.82) is 0 Å². The second kappa shape index (κ2) is 8.58. The Kier molecular flexibility index (Phi) is 6.84. The summed E-state index contributed by atoms with van der Waals surface area (Å²) in [5.41, 5.74) is -0.0116. The van der Waals surface area contributed by atoms with Gasteiger partial charge in [-0.1, -0.05) is 6.07 Å². The molecule has 11 heteroatoms. The average molecular weight is 433 g/mol. The molecule has 0 aromatic heterocycles. The Labute approximate surface area is 165 Å². The molecule has 156 valence electrons. The minimum atomic E-state index is -3.73. The van der Waals surface area contributed by atoms with Gasteiger partial charge in [0.2, 0.25) is 10.0 Å². The molecular formula is C17H24N2O7S2. The Balaban J connectivity index is 2.11. The zero-order valence-corrected chi connectivity index (χ0v) is 17.5. The highest BCUT2D eigenvalue weighted by Gasteiger charge is 2.36. The van der Waals surface area contributed by atoms with Gasteiger partial charge in [-0.05, 0) is 45.5 Å². The van der Waals surface area contributed by atoms with E-state index in [1.807, 2.05) is 0 Å². The van der Waals surface area contributed by atoms with Crippen LogP contribution in [0.5, 0.6) is 0 Å². The van der Waals surface area contributed by atoms with Crippen LogP contribution >= 0.6 is 0 Å². The van der Waals surface area contributed by atoms with E-state index < -0.39 is 43.9 Å². The number of ether oxygens (including phenoxy) is 1. The summed E-state index contributed by atoms with van der Waals surface area (Å²) in [7, 11) is -5.64. The number of carbonyl (C=O) groups excluding carboxylic acids is 2. The lowest BCUT2D eigenvalue weighted by atomic mass is 10.2. The van der Waals surface area contributed by atoms with Crippen LogP contribution in [0.1, 0.15) is 30.6 Å². The van der Waals surface area contributed by atoms with Gasteiger partial charge in [-0.2, -0.15) is 0 Å². The molecule has 0 bridgehead atoms. The summed E-state index contributed by atoms with van der Waals surface area (Å²) in [6.07, 6.45) is -0.785. The predicted octanol–water partition coefficient (Wildman–Crippen LogP) is 0.176. The van der Waals surface area contributed by atoms with Crippen LogP contribution in [-0.2, 0) is 29.4 Å². The molecule has 0 aliphatic carbocycles. The van der Waals surface area contributed by atoms with Gasteiger partial charge < -0.3 is 9.64 Å². The molecule has 28 heavy (non-hydrogen) atoms. The molecule has 9 nitrogen and oxygen atoms in total. The lowest BCUT2D eigenvalue weighted by molar-refractivity contribution is -0.141. The van der Waals surface area contributed by atoms with Gasteiger partial charge in [0.05, 0.1) is 22.0 Å². The average Bonchev–Trinajstić information content (AvgIpc) is 3.01. The first kappa shape index (κ1) is 22.3. The Hall–Kier alpha value is -1.98. The number of sulfonamides is 1. The molecule has 2 atom stereocenters. The molecule has 0 radical (unpaired) electrons. The summed E-state index contributed by atoms with van der Waals surface area (Å²) in [5, 5.41) is 0. The summed E-state index contributed by atoms with van der Waals surface area (Å²) in [5.74, 6) is -1.40. The van der Waals surface area contributed by atoms with Gasteiger partial charge in [-0.25, -0.2) is 26.4 Å². The molecule has 1 aromatic rings. The highest BCUT2D eigenvalue weighted by atomic mass is 32.2. The molecular weight excluding hydrogens is 408 g/mol. The number of nitrogens with zero attached hydrogens (tertiary/aromatic N) is 1. The number of esters is 1. The molecule has 1 saturated heterocycles. The predicted molar refractivity (Wildman–Crippen MR) is 102 cm³/mol. The monoisotopic (exact) mass is 432 g/mol. The second-order valence-electron chi connectivity index (χ2n) is 6.46. The molecule has 0 spiro atoms. The summed E-state index contributed by atoms with van der Waals surface area (Å²) in [6.45, 7) is 3.42. The Bertz CT molecular complexity index is 957. The van der Waals surface area contributed by atoms with Crippen LogP contribution in [-0.4, -0.2) is 70.9 Å². The van der Waals surface area contributed by atoms with Crippen molar-refractivity contribution < 1.29 is 31.2 Å². The molecule has 1 aliphatic rings. The summed E-state index contributed by atoms with van der Waals surface area (Å²) >= 11 is 0. The molecule has 1 N–H and O–H groups in total. The van der Waals surface area contributed by atoms with Crippen molar-refractivity contribution in [3.63, 3.8) is 0 Å². The van der Waals surface area contributed by atoms with E-state index >= 15 is 0 Å². The normalized spacial score (nSPS) is 19.8. The summed E-state index contributed by atoms with van der Waals surface area (Å²) in [4.78, 5) is 26.3. The number of amides is 1. The number of nitrogens with one attached hydrogen (secondary N) is 1. The number of benzene rings is 1. The highest BCUT2D eigenvalue weighted by molar-refractivity contribution is 7.91. The lowest BCUT2D eigenvalue weighted by Crippen LogP contribution is -2.46. The van der Waals surface area contributed by atoms with Crippen molar-refractivity contribution in [3.05, 3.63) is 29.8 Å². The maximum atomic E-state index is 12.7. The van der Waals surface area contributed by atoms with Gasteiger partial charge in [-0.3, -0.25) is 4.79 Å². The molecule has 0 saturated carbocycles. The lowest BCUT2D eigenvalue weighted by Gasteiger charge is -2.29. The quantitative estimate of drug-likeness (QED) is 0.609. The molecule has 2 rings (SSSR count). The summed E-state index contributed by atoms with van der Waals surface area (Å²) in [6, 6.07) is 4.83. The van der Waals surface area contributed by atoms with E-state index in [1.165, 1.54) is 37.1 Å². The number of hydrogen-bond donors (Lipinski definition) is 1. The van der Waals surface area contributed by atoms with Crippen molar-refractivity contribution in [2.75, 3.05) is 25.1 Å². The number of carbonyl (C=O) groups is 2. The largest absolute Gasteiger partial charge is 0.449 e. The van der Waals surface area contributed by atoms with Crippen LogP contribution in [0, 0.1) is 0 Å². The van der Waals surface area contributed by atoms with Gasteiger partial charge in [0, 0.05) is 12.6 Å². The van der Waals surface area contributed by atoms with E-state index in [-0.39, 0.29) is 28.5 Å². The van der Waals surface area contributed by atoms with E-state index in [1.54, 1.807) is 6.92 Å². The number of hydrogen-bond acceptors (Lipinski definition) is 7. The number of sulfone groups is 1. The first-order chi connectivity index (χ1) is 13.0. The third-order valence-corrected chi connectivity index (χ3v) is 7.72. The Morgan fingerprint density at radius 2 is 2.04 bits per heavy atom. The van der Waals surface area contributed by atoms with E-state index in [0.717, 1.165) is 6.07 Å². The van der Waals surface area contributed by atoms with Crippen molar-refractivity contribution >= 4 is 31.7 Å². The minimum Gasteiger partial charge on any atom is -0.449 e. The Morgan fingerprint density at radius 1 is 1.36 bits per heavy atom. The van der Waals surface area contributed by atoms with Crippen LogP contribution in [0.15, 0.2) is 29.2 Å². The van der Waals surface area contributed by atoms with Crippen molar-refractivity contribution in [1.82, 2.24) is 9.62 Å². The maximum absolute atomic E-state index is 12.7. The van der Waals surface area contributed by atoms with Crippen LogP contribution < -0.4 is 4.72 Å². The van der Waals surface area contributed by atoms with Crippen molar-refractivity contribution in [3.8, 4) is 0 Å². The first-order valence-corrected chi connectivity index (χ1v) is 12.1. The van der Waals surface area contributed by atoms with Gasteiger partial charge in [0.25, 0.3) is 5.91 Å². The standard InChI is InChI=1S/C17H24N2O7S2/c1-4-19(14-8-9-27(22,23)11-14)16(20)12(2)26-17(21)13-6-5-7-15(10-13)28(24,25)18-3/h5-7,10,12,14,18H,4,8-9,11H2,1-3H3/t12-,14-/m1/s1. The van der Waals surface area contributed by atoms with Gasteiger partial charge >= 0.3 is 5.97 Å². The van der Waals surface area contributed by atoms with Crippen LogP contribution in [0.3, 0.4) is 0 Å². The highest BCUT2D eigenvalue weighted by Crippen LogP contribution is 2.19. The summed E-state index contributed by atoms with van der Waals surface area (Å²) < 4.78 is 54.4. The zero-order valence-electron chi connectivity index (χ0n) is 15.9.